The average molecular weight is 365 g/mol. The van der Waals surface area contributed by atoms with Gasteiger partial charge in [0.05, 0.1) is 17.7 Å². The topological polar surface area (TPSA) is 68.4 Å². The Bertz CT molecular complexity index is 806. The van der Waals surface area contributed by atoms with E-state index in [0.717, 1.165) is 23.5 Å². The number of aryl methyl sites for hydroxylation is 1. The molecule has 0 bridgehead atoms. The maximum Gasteiger partial charge on any atom is 0.417 e. The number of alkyl halides is 3. The van der Waals surface area contributed by atoms with Gasteiger partial charge in [-0.1, -0.05) is 11.6 Å². The van der Waals surface area contributed by atoms with Crippen molar-refractivity contribution in [2.45, 2.75) is 25.6 Å². The van der Waals surface area contributed by atoms with Crippen LogP contribution >= 0.6 is 0 Å². The largest absolute Gasteiger partial charge is 0.472 e. The van der Waals surface area contributed by atoms with E-state index in [-0.39, 0.29) is 12.0 Å². The monoisotopic (exact) mass is 365 g/mol. The summed E-state index contributed by atoms with van der Waals surface area (Å²) in [6.45, 7) is 3.02. The number of nitrogens with zero attached hydrogens (tertiary/aromatic N) is 2. The van der Waals surface area contributed by atoms with Crippen LogP contribution in [0.25, 0.3) is 0 Å². The highest BCUT2D eigenvalue weighted by Gasteiger charge is 2.31. The van der Waals surface area contributed by atoms with Crippen LogP contribution in [0, 0.1) is 6.92 Å². The molecule has 1 aliphatic heterocycles. The molecule has 2 aromatic rings. The van der Waals surface area contributed by atoms with Gasteiger partial charge in [-0.2, -0.15) is 13.2 Å². The second kappa shape index (κ2) is 6.86. The Morgan fingerprint density at radius 1 is 1.31 bits per heavy atom. The van der Waals surface area contributed by atoms with E-state index in [1.807, 2.05) is 24.0 Å². The lowest BCUT2D eigenvalue weighted by molar-refractivity contribution is -0.137. The smallest absolute Gasteiger partial charge is 0.417 e. The highest BCUT2D eigenvalue weighted by Crippen LogP contribution is 2.30. The number of benzene rings is 1. The van der Waals surface area contributed by atoms with Crippen molar-refractivity contribution in [1.82, 2.24) is 4.98 Å². The molecule has 0 radical (unpaired) electrons. The Hall–Kier alpha value is -2.77. The third kappa shape index (κ3) is 3.89. The van der Waals surface area contributed by atoms with Gasteiger partial charge in [0, 0.05) is 30.9 Å². The number of ether oxygens (including phenoxy) is 1. The minimum atomic E-state index is -4.42. The van der Waals surface area contributed by atoms with Crippen molar-refractivity contribution in [1.29, 1.82) is 0 Å². The summed E-state index contributed by atoms with van der Waals surface area (Å²) in [5.74, 6) is -0.360. The Balaban J connectivity index is 1.69. The summed E-state index contributed by atoms with van der Waals surface area (Å²) in [5.41, 5.74) is 6.75. The standard InChI is InChI=1S/C18H18F3N3O2/c1-11-2-4-15(14(8-11)17(22)25)24-7-6-13(10-24)26-16-5-3-12(9-23-16)18(19,20)21/h2-5,8-9,13H,6-7,10H2,1H3,(H2,22,25). The summed E-state index contributed by atoms with van der Waals surface area (Å²) in [6.07, 6.45) is -3.24. The molecule has 1 fully saturated rings. The molecular formula is C18H18F3N3O2. The van der Waals surface area contributed by atoms with Gasteiger partial charge in [-0.3, -0.25) is 4.79 Å². The van der Waals surface area contributed by atoms with E-state index in [1.165, 1.54) is 6.07 Å². The van der Waals surface area contributed by atoms with Crippen molar-refractivity contribution in [3.8, 4) is 5.88 Å². The van der Waals surface area contributed by atoms with Crippen LogP contribution in [0.4, 0.5) is 18.9 Å². The highest BCUT2D eigenvalue weighted by atomic mass is 19.4. The van der Waals surface area contributed by atoms with Crippen molar-refractivity contribution < 1.29 is 22.7 Å². The maximum absolute atomic E-state index is 12.6. The van der Waals surface area contributed by atoms with E-state index in [9.17, 15) is 18.0 Å². The highest BCUT2D eigenvalue weighted by molar-refractivity contribution is 5.99. The number of nitrogens with two attached hydrogens (primary N) is 1. The number of anilines is 1. The van der Waals surface area contributed by atoms with Crippen LogP contribution < -0.4 is 15.4 Å². The molecule has 2 N–H and O–H groups in total. The molecule has 1 aliphatic rings. The zero-order chi connectivity index (χ0) is 18.9. The lowest BCUT2D eigenvalue weighted by Crippen LogP contribution is -2.27. The number of primary amides is 1. The average Bonchev–Trinajstić information content (AvgIpc) is 3.02. The quantitative estimate of drug-likeness (QED) is 0.904. The zero-order valence-corrected chi connectivity index (χ0v) is 14.1. The number of halogens is 3. The van der Waals surface area contributed by atoms with Crippen LogP contribution in [0.5, 0.6) is 5.88 Å². The van der Waals surface area contributed by atoms with E-state index < -0.39 is 17.6 Å². The Labute approximate surface area is 148 Å². The molecule has 1 amide bonds. The van der Waals surface area contributed by atoms with Crippen molar-refractivity contribution in [2.24, 2.45) is 5.73 Å². The van der Waals surface area contributed by atoms with E-state index in [4.69, 9.17) is 10.5 Å². The van der Waals surface area contributed by atoms with E-state index in [2.05, 4.69) is 4.98 Å². The van der Waals surface area contributed by atoms with Crippen LogP contribution in [0.1, 0.15) is 27.9 Å². The number of aromatic nitrogens is 1. The van der Waals surface area contributed by atoms with Crippen LogP contribution in [0.3, 0.4) is 0 Å². The lowest BCUT2D eigenvalue weighted by Gasteiger charge is -2.21. The molecule has 0 saturated carbocycles. The fourth-order valence-corrected chi connectivity index (χ4v) is 2.95. The lowest BCUT2D eigenvalue weighted by atomic mass is 10.1. The predicted molar refractivity (Wildman–Crippen MR) is 90.2 cm³/mol. The second-order valence-corrected chi connectivity index (χ2v) is 6.24. The van der Waals surface area contributed by atoms with Gasteiger partial charge in [-0.25, -0.2) is 4.98 Å². The number of pyridine rings is 1. The minimum absolute atomic E-state index is 0.142. The summed E-state index contributed by atoms with van der Waals surface area (Å²) in [5, 5.41) is 0. The third-order valence-corrected chi connectivity index (χ3v) is 4.25. The fourth-order valence-electron chi connectivity index (χ4n) is 2.95. The molecule has 1 unspecified atom stereocenters. The van der Waals surface area contributed by atoms with Crippen molar-refractivity contribution in [3.63, 3.8) is 0 Å². The third-order valence-electron chi connectivity index (χ3n) is 4.25. The zero-order valence-electron chi connectivity index (χ0n) is 14.1. The SMILES string of the molecule is Cc1ccc(N2CCC(Oc3ccc(C(F)(F)F)cn3)C2)c(C(N)=O)c1. The van der Waals surface area contributed by atoms with Crippen molar-refractivity contribution in [2.75, 3.05) is 18.0 Å². The number of hydrogen-bond acceptors (Lipinski definition) is 4. The number of hydrogen-bond donors (Lipinski definition) is 1. The van der Waals surface area contributed by atoms with Gasteiger partial charge in [-0.05, 0) is 25.1 Å². The second-order valence-electron chi connectivity index (χ2n) is 6.24. The van der Waals surface area contributed by atoms with Gasteiger partial charge in [0.15, 0.2) is 0 Å². The number of rotatable bonds is 4. The summed E-state index contributed by atoms with van der Waals surface area (Å²) in [7, 11) is 0. The molecule has 138 valence electrons. The maximum atomic E-state index is 12.6. The molecule has 1 aromatic heterocycles. The fraction of sp³-hybridized carbons (Fsp3) is 0.333. The van der Waals surface area contributed by atoms with E-state index >= 15 is 0 Å². The molecular weight excluding hydrogens is 347 g/mol. The molecule has 0 aliphatic carbocycles. The molecule has 1 atom stereocenters. The van der Waals surface area contributed by atoms with Gasteiger partial charge < -0.3 is 15.4 Å². The predicted octanol–water partition coefficient (Wildman–Crippen LogP) is 3.17. The molecule has 5 nitrogen and oxygen atoms in total. The van der Waals surface area contributed by atoms with Gasteiger partial charge in [-0.15, -0.1) is 0 Å². The Morgan fingerprint density at radius 3 is 2.69 bits per heavy atom. The first kappa shape index (κ1) is 18.0. The molecule has 2 heterocycles. The van der Waals surface area contributed by atoms with Crippen LogP contribution in [0.2, 0.25) is 0 Å². The molecule has 0 spiro atoms. The minimum Gasteiger partial charge on any atom is -0.472 e. The van der Waals surface area contributed by atoms with Gasteiger partial charge >= 0.3 is 6.18 Å². The summed E-state index contributed by atoms with van der Waals surface area (Å²) in [4.78, 5) is 17.4. The van der Waals surface area contributed by atoms with Gasteiger partial charge in [0.25, 0.3) is 5.91 Å². The first-order valence-electron chi connectivity index (χ1n) is 8.09. The van der Waals surface area contributed by atoms with E-state index in [0.29, 0.717) is 25.1 Å². The van der Waals surface area contributed by atoms with Gasteiger partial charge in [0.1, 0.15) is 6.10 Å². The molecule has 1 aromatic carbocycles. The number of carbonyl (C=O) groups is 1. The molecule has 8 heteroatoms. The van der Waals surface area contributed by atoms with Crippen LogP contribution in [0.15, 0.2) is 36.5 Å². The first-order chi connectivity index (χ1) is 12.2. The Kier molecular flexibility index (Phi) is 4.76. The normalized spacial score (nSPS) is 17.4. The Morgan fingerprint density at radius 2 is 2.08 bits per heavy atom. The van der Waals surface area contributed by atoms with Crippen LogP contribution in [-0.4, -0.2) is 30.1 Å². The first-order valence-corrected chi connectivity index (χ1v) is 8.09. The molecule has 26 heavy (non-hydrogen) atoms. The summed E-state index contributed by atoms with van der Waals surface area (Å²) < 4.78 is 43.4. The van der Waals surface area contributed by atoms with Crippen LogP contribution in [-0.2, 0) is 6.18 Å². The van der Waals surface area contributed by atoms with E-state index in [1.54, 1.807) is 6.07 Å². The summed E-state index contributed by atoms with van der Waals surface area (Å²) >= 11 is 0. The molecule has 1 saturated heterocycles. The van der Waals surface area contributed by atoms with Crippen molar-refractivity contribution in [3.05, 3.63) is 53.2 Å². The van der Waals surface area contributed by atoms with Gasteiger partial charge in [0.2, 0.25) is 5.88 Å². The number of amides is 1. The molecule has 3 rings (SSSR count). The number of carbonyl (C=O) groups excluding carboxylic acids is 1. The van der Waals surface area contributed by atoms with Crippen molar-refractivity contribution >= 4 is 11.6 Å². The summed E-state index contributed by atoms with van der Waals surface area (Å²) in [6, 6.07) is 7.64.